The van der Waals surface area contributed by atoms with Crippen molar-refractivity contribution in [2.24, 2.45) is 5.92 Å². The predicted octanol–water partition coefficient (Wildman–Crippen LogP) is 2.72. The molecule has 1 saturated carbocycles. The first-order valence-electron chi connectivity index (χ1n) is 6.46. The minimum atomic E-state index is -0.0958. The first-order valence-corrected chi connectivity index (χ1v) is 8.22. The van der Waals surface area contributed by atoms with Crippen molar-refractivity contribution in [3.63, 3.8) is 0 Å². The molecule has 1 aromatic heterocycles. The van der Waals surface area contributed by atoms with E-state index in [1.807, 2.05) is 6.92 Å². The lowest BCUT2D eigenvalue weighted by molar-refractivity contribution is -0.120. The normalized spacial score (nSPS) is 18.5. The summed E-state index contributed by atoms with van der Waals surface area (Å²) in [7, 11) is 0. The predicted molar refractivity (Wildman–Crippen MR) is 74.8 cm³/mol. The number of aromatic nitrogens is 2. The van der Waals surface area contributed by atoms with Gasteiger partial charge in [0, 0.05) is 6.54 Å². The van der Waals surface area contributed by atoms with Gasteiger partial charge in [-0.15, -0.1) is 10.2 Å². The zero-order valence-electron chi connectivity index (χ0n) is 10.6. The molecule has 0 aliphatic heterocycles. The molecule has 1 fully saturated rings. The van der Waals surface area contributed by atoms with Crippen molar-refractivity contribution in [1.82, 2.24) is 15.5 Å². The number of hydrogen-bond donors (Lipinski definition) is 1. The zero-order chi connectivity index (χ0) is 12.8. The summed E-state index contributed by atoms with van der Waals surface area (Å²) >= 11 is 2.95. The molecule has 18 heavy (non-hydrogen) atoms. The highest BCUT2D eigenvalue weighted by atomic mass is 32.2. The van der Waals surface area contributed by atoms with Crippen LogP contribution in [0, 0.1) is 5.92 Å². The molecule has 1 N–H and O–H groups in total. The number of nitrogens with zero attached hydrogens (tertiary/aromatic N) is 2. The van der Waals surface area contributed by atoms with Crippen LogP contribution < -0.4 is 5.32 Å². The minimum absolute atomic E-state index is 0.0958. The molecule has 0 aromatic carbocycles. The summed E-state index contributed by atoms with van der Waals surface area (Å²) in [6, 6.07) is 0. The Kier molecular flexibility index (Phi) is 5.44. The van der Waals surface area contributed by atoms with E-state index in [1.54, 1.807) is 5.51 Å². The van der Waals surface area contributed by atoms with Crippen LogP contribution in [-0.2, 0) is 4.79 Å². The molecular weight excluding hydrogens is 266 g/mol. The Morgan fingerprint density at radius 1 is 1.56 bits per heavy atom. The fourth-order valence-electron chi connectivity index (χ4n) is 2.20. The molecule has 1 heterocycles. The molecule has 4 nitrogen and oxygen atoms in total. The number of amides is 1. The highest BCUT2D eigenvalue weighted by Crippen LogP contribution is 2.25. The molecule has 0 radical (unpaired) electrons. The van der Waals surface area contributed by atoms with Crippen LogP contribution >= 0.6 is 23.1 Å². The van der Waals surface area contributed by atoms with Gasteiger partial charge in [0.05, 0.1) is 5.25 Å². The van der Waals surface area contributed by atoms with Crippen LogP contribution in [0.2, 0.25) is 0 Å². The minimum Gasteiger partial charge on any atom is -0.355 e. The molecule has 0 saturated heterocycles. The van der Waals surface area contributed by atoms with Crippen molar-refractivity contribution in [2.45, 2.75) is 48.6 Å². The molecule has 0 spiro atoms. The summed E-state index contributed by atoms with van der Waals surface area (Å²) in [4.78, 5) is 11.9. The molecule has 1 amide bonds. The molecule has 1 aromatic rings. The quantitative estimate of drug-likeness (QED) is 0.845. The summed E-state index contributed by atoms with van der Waals surface area (Å²) in [5, 5.41) is 10.7. The average Bonchev–Trinajstić information content (AvgIpc) is 2.90. The fraction of sp³-hybridized carbons (Fsp3) is 0.750. The summed E-state index contributed by atoms with van der Waals surface area (Å²) < 4.78 is 0.857. The second-order valence-electron chi connectivity index (χ2n) is 4.71. The molecule has 6 heteroatoms. The van der Waals surface area contributed by atoms with Gasteiger partial charge >= 0.3 is 0 Å². The van der Waals surface area contributed by atoms with E-state index in [-0.39, 0.29) is 11.2 Å². The van der Waals surface area contributed by atoms with Gasteiger partial charge in [-0.25, -0.2) is 0 Å². The molecule has 0 unspecified atom stereocenters. The Balaban J connectivity index is 1.70. The second-order valence-corrected chi connectivity index (χ2v) is 7.14. The van der Waals surface area contributed by atoms with E-state index in [2.05, 4.69) is 15.5 Å². The number of carbonyl (C=O) groups excluding carboxylic acids is 1. The van der Waals surface area contributed by atoms with E-state index < -0.39 is 0 Å². The van der Waals surface area contributed by atoms with Crippen molar-refractivity contribution in [1.29, 1.82) is 0 Å². The summed E-state index contributed by atoms with van der Waals surface area (Å²) in [6.07, 6.45) is 6.51. The third-order valence-corrected chi connectivity index (χ3v) is 5.19. The molecular formula is C12H19N3OS2. The van der Waals surface area contributed by atoms with Crippen LogP contribution in [0.4, 0.5) is 0 Å². The maximum Gasteiger partial charge on any atom is 0.233 e. The zero-order valence-corrected chi connectivity index (χ0v) is 12.2. The second kappa shape index (κ2) is 7.09. The van der Waals surface area contributed by atoms with Gasteiger partial charge in [-0.05, 0) is 25.7 Å². The highest BCUT2D eigenvalue weighted by Gasteiger charge is 2.18. The molecule has 100 valence electrons. The molecule has 1 atom stereocenters. The third kappa shape index (κ3) is 4.24. The first-order chi connectivity index (χ1) is 8.75. The lowest BCUT2D eigenvalue weighted by Crippen LogP contribution is -2.35. The number of thioether (sulfide) groups is 1. The fourth-order valence-corrected chi connectivity index (χ4v) is 3.85. The SMILES string of the molecule is C[C@@H](Sc1nncs1)C(=O)NCC1CCCCC1. The van der Waals surface area contributed by atoms with Gasteiger partial charge in [0.2, 0.25) is 5.91 Å². The van der Waals surface area contributed by atoms with Crippen molar-refractivity contribution in [3.8, 4) is 0 Å². The van der Waals surface area contributed by atoms with Crippen molar-refractivity contribution in [2.75, 3.05) is 6.54 Å². The van der Waals surface area contributed by atoms with Crippen LogP contribution in [-0.4, -0.2) is 27.9 Å². The van der Waals surface area contributed by atoms with Crippen LogP contribution in [0.1, 0.15) is 39.0 Å². The third-order valence-electron chi connectivity index (χ3n) is 3.28. The van der Waals surface area contributed by atoms with Gasteiger partial charge in [-0.1, -0.05) is 42.4 Å². The maximum absolute atomic E-state index is 11.9. The number of hydrogen-bond acceptors (Lipinski definition) is 5. The standard InChI is InChI=1S/C12H19N3OS2/c1-9(18-12-15-14-8-17-12)11(16)13-7-10-5-3-2-4-6-10/h8-10H,2-7H2,1H3,(H,13,16)/t9-/m1/s1. The highest BCUT2D eigenvalue weighted by molar-refractivity contribution is 8.02. The van der Waals surface area contributed by atoms with Gasteiger partial charge in [0.15, 0.2) is 4.34 Å². The Labute approximate surface area is 116 Å². The summed E-state index contributed by atoms with van der Waals surface area (Å²) in [5.74, 6) is 0.794. The topological polar surface area (TPSA) is 54.9 Å². The van der Waals surface area contributed by atoms with E-state index in [1.165, 1.54) is 55.2 Å². The van der Waals surface area contributed by atoms with Gasteiger partial charge < -0.3 is 5.32 Å². The lowest BCUT2D eigenvalue weighted by atomic mass is 9.89. The Morgan fingerprint density at radius 2 is 2.33 bits per heavy atom. The van der Waals surface area contributed by atoms with Crippen LogP contribution in [0.15, 0.2) is 9.85 Å². The van der Waals surface area contributed by atoms with E-state index in [0.29, 0.717) is 5.92 Å². The Hall–Kier alpha value is -0.620. The van der Waals surface area contributed by atoms with Crippen LogP contribution in [0.25, 0.3) is 0 Å². The Morgan fingerprint density at radius 3 is 3.00 bits per heavy atom. The molecule has 2 rings (SSSR count). The van der Waals surface area contributed by atoms with Crippen molar-refractivity contribution < 1.29 is 4.79 Å². The van der Waals surface area contributed by atoms with Gasteiger partial charge in [-0.3, -0.25) is 4.79 Å². The first kappa shape index (κ1) is 13.8. The average molecular weight is 285 g/mol. The van der Waals surface area contributed by atoms with Crippen LogP contribution in [0.5, 0.6) is 0 Å². The van der Waals surface area contributed by atoms with E-state index >= 15 is 0 Å². The number of rotatable bonds is 5. The van der Waals surface area contributed by atoms with E-state index in [4.69, 9.17) is 0 Å². The maximum atomic E-state index is 11.9. The van der Waals surface area contributed by atoms with E-state index in [0.717, 1.165) is 10.9 Å². The van der Waals surface area contributed by atoms with Crippen molar-refractivity contribution in [3.05, 3.63) is 5.51 Å². The molecule has 0 bridgehead atoms. The van der Waals surface area contributed by atoms with Crippen molar-refractivity contribution >= 4 is 29.0 Å². The molecule has 1 aliphatic carbocycles. The monoisotopic (exact) mass is 285 g/mol. The van der Waals surface area contributed by atoms with Gasteiger partial charge in [0.25, 0.3) is 0 Å². The smallest absolute Gasteiger partial charge is 0.233 e. The number of carbonyl (C=O) groups is 1. The summed E-state index contributed by atoms with van der Waals surface area (Å²) in [6.45, 7) is 2.75. The van der Waals surface area contributed by atoms with E-state index in [9.17, 15) is 4.79 Å². The largest absolute Gasteiger partial charge is 0.355 e. The van der Waals surface area contributed by atoms with Gasteiger partial charge in [0.1, 0.15) is 5.51 Å². The lowest BCUT2D eigenvalue weighted by Gasteiger charge is -2.22. The summed E-state index contributed by atoms with van der Waals surface area (Å²) in [5.41, 5.74) is 1.69. The van der Waals surface area contributed by atoms with Gasteiger partial charge in [-0.2, -0.15) is 0 Å². The Bertz CT molecular complexity index is 363. The number of nitrogens with one attached hydrogen (secondary N) is 1. The molecule has 1 aliphatic rings. The van der Waals surface area contributed by atoms with Crippen LogP contribution in [0.3, 0.4) is 0 Å².